The molecule has 0 N–H and O–H groups in total. The second-order valence-corrected chi connectivity index (χ2v) is 26.7. The van der Waals surface area contributed by atoms with E-state index in [9.17, 15) is 0 Å². The number of hydrogen-bond acceptors (Lipinski definition) is 2. The molecule has 1 radical (unpaired) electrons. The van der Waals surface area contributed by atoms with Crippen LogP contribution in [0.3, 0.4) is 0 Å². The number of rotatable bonds is 2. The van der Waals surface area contributed by atoms with Crippen molar-refractivity contribution in [1.82, 2.24) is 0 Å². The molecule has 2 aliphatic heterocycles. The summed E-state index contributed by atoms with van der Waals surface area (Å²) in [6, 6.07) is 0. The summed E-state index contributed by atoms with van der Waals surface area (Å²) in [6.45, 7) is 42.4. The van der Waals surface area contributed by atoms with Gasteiger partial charge in [-0.05, 0) is 84.9 Å². The molecule has 6 heteroatoms. The Kier molecular flexibility index (Phi) is 29.1. The zero-order valence-electron chi connectivity index (χ0n) is 31.2. The van der Waals surface area contributed by atoms with Crippen molar-refractivity contribution in [2.45, 2.75) is 134 Å². The molecule has 2 saturated heterocycles. The summed E-state index contributed by atoms with van der Waals surface area (Å²) >= 11 is 0. The quantitative estimate of drug-likeness (QED) is 0.210. The van der Waals surface area contributed by atoms with Crippen LogP contribution in [0.4, 0.5) is 0 Å². The van der Waals surface area contributed by atoms with E-state index < -0.39 is 16.1 Å². The molecule has 41 heavy (non-hydrogen) atoms. The van der Waals surface area contributed by atoms with E-state index in [-0.39, 0.29) is 91.8 Å². The van der Waals surface area contributed by atoms with E-state index in [2.05, 4.69) is 114 Å². The molecule has 2 saturated carbocycles. The van der Waals surface area contributed by atoms with Gasteiger partial charge in [-0.2, -0.15) is 0 Å². The van der Waals surface area contributed by atoms with Crippen molar-refractivity contribution in [2.24, 2.45) is 59.2 Å². The fraction of sp³-hybridized carbons (Fsp3) is 0.971. The summed E-state index contributed by atoms with van der Waals surface area (Å²) < 4.78 is 9.89. The predicted molar refractivity (Wildman–Crippen MR) is 183 cm³/mol. The Balaban J connectivity index is -0.000000446. The van der Waals surface area contributed by atoms with Crippen LogP contribution in [0.15, 0.2) is 0 Å². The molecule has 0 aromatic heterocycles. The minimum atomic E-state index is -0.856. The molecule has 0 amide bonds. The van der Waals surface area contributed by atoms with E-state index in [1.165, 1.54) is 25.7 Å². The standard InChI is InChI=1S/2C10H20.C7H19Si2.2C4H8O.K.Sm/c2*1-6-7(2)9(4)10(5)8(6)3;1-8(2,3)7-9(4,5)6;2*1-2-4-5-3-1;;/h2*6-10H,1-5H3;7H,1-6H3;2*1-4H2;;/q;;-1;;;+1;+3. The molecule has 2 heterocycles. The molecule has 4 aliphatic rings. The van der Waals surface area contributed by atoms with Crippen molar-refractivity contribution in [2.75, 3.05) is 26.4 Å². The van der Waals surface area contributed by atoms with Crippen LogP contribution in [-0.2, 0) is 9.47 Å². The molecule has 0 atom stereocenters. The van der Waals surface area contributed by atoms with Crippen LogP contribution in [0.1, 0.15) is 94.9 Å². The minimum absolute atomic E-state index is 0. The Labute approximate surface area is 338 Å². The van der Waals surface area contributed by atoms with Gasteiger partial charge in [-0.3, -0.25) is 0 Å². The van der Waals surface area contributed by atoms with Crippen molar-refractivity contribution < 1.29 is 101 Å². The van der Waals surface area contributed by atoms with Crippen LogP contribution in [0.2, 0.25) is 39.3 Å². The van der Waals surface area contributed by atoms with Crippen LogP contribution in [0.25, 0.3) is 0 Å². The van der Waals surface area contributed by atoms with E-state index in [0.717, 1.165) is 85.6 Å². The van der Waals surface area contributed by atoms with Gasteiger partial charge < -0.3 is 15.1 Å². The zero-order chi connectivity index (χ0) is 30.6. The summed E-state index contributed by atoms with van der Waals surface area (Å²) in [5.41, 5.74) is 2.65. The second kappa shape index (κ2) is 24.5. The Bertz CT molecular complexity index is 459. The van der Waals surface area contributed by atoms with Crippen LogP contribution in [-0.4, -0.2) is 42.6 Å². The Morgan fingerprint density at radius 2 is 0.537 bits per heavy atom. The van der Waals surface area contributed by atoms with Gasteiger partial charge >= 0.3 is 91.8 Å². The third kappa shape index (κ3) is 21.0. The Hall–Kier alpha value is 3.33. The number of hydrogen-bond donors (Lipinski definition) is 0. The third-order valence-electron chi connectivity index (χ3n) is 10.8. The molecule has 0 bridgehead atoms. The molecule has 2 aliphatic carbocycles. The van der Waals surface area contributed by atoms with E-state index in [4.69, 9.17) is 9.47 Å². The molecule has 0 aromatic carbocycles. The van der Waals surface area contributed by atoms with Gasteiger partial charge in [0.05, 0.1) is 0 Å². The first-order chi connectivity index (χ1) is 17.8. The second-order valence-electron chi connectivity index (χ2n) is 16.1. The maximum absolute atomic E-state index is 4.94. The first-order valence-corrected chi connectivity index (χ1v) is 24.0. The van der Waals surface area contributed by atoms with Gasteiger partial charge in [-0.25, -0.2) is 0 Å². The van der Waals surface area contributed by atoms with Crippen LogP contribution >= 0.6 is 0 Å². The largest absolute Gasteiger partial charge is 3.00 e. The van der Waals surface area contributed by atoms with Crippen molar-refractivity contribution in [3.05, 3.63) is 5.67 Å². The fourth-order valence-corrected chi connectivity index (χ4v) is 17.5. The van der Waals surface area contributed by atoms with E-state index in [1.54, 1.807) is 0 Å². The topological polar surface area (TPSA) is 18.5 Å². The third-order valence-corrected chi connectivity index (χ3v) is 17.7. The van der Waals surface area contributed by atoms with Crippen molar-refractivity contribution in [3.8, 4) is 0 Å². The minimum Gasteiger partial charge on any atom is -0.381 e. The molecular formula is C35H75KO2Si2Sm+3. The Morgan fingerprint density at radius 1 is 0.390 bits per heavy atom. The molecule has 4 fully saturated rings. The summed E-state index contributed by atoms with van der Waals surface area (Å²) in [5.74, 6) is 9.35. The molecule has 0 unspecified atom stereocenters. The fourth-order valence-electron chi connectivity index (χ4n) is 7.11. The zero-order valence-corrected chi connectivity index (χ0v) is 39.0. The van der Waals surface area contributed by atoms with Gasteiger partial charge in [-0.1, -0.05) is 109 Å². The van der Waals surface area contributed by atoms with Gasteiger partial charge in [0.2, 0.25) is 0 Å². The van der Waals surface area contributed by atoms with Gasteiger partial charge in [0.1, 0.15) is 0 Å². The van der Waals surface area contributed by atoms with Gasteiger partial charge in [0.25, 0.3) is 0 Å². The maximum atomic E-state index is 4.94. The van der Waals surface area contributed by atoms with Gasteiger partial charge in [0, 0.05) is 26.4 Å². The average molecular weight is 774 g/mol. The van der Waals surface area contributed by atoms with E-state index >= 15 is 0 Å². The summed E-state index contributed by atoms with van der Waals surface area (Å²) in [4.78, 5) is 0. The van der Waals surface area contributed by atoms with Gasteiger partial charge in [0.15, 0.2) is 0 Å². The molecule has 0 aromatic rings. The van der Waals surface area contributed by atoms with Crippen LogP contribution in [0.5, 0.6) is 0 Å². The number of ether oxygens (including phenoxy) is 2. The SMILES string of the molecule is C1CCOC1.C1CCOC1.CC1C(C)C(C)C(C)C1C.CC1C(C)C(C)C(C)C1C.C[Si](C)(C)[CH-][Si](C)(C)C.[K+].[Sm+3]. The van der Waals surface area contributed by atoms with Crippen molar-refractivity contribution in [1.29, 1.82) is 0 Å². The van der Waals surface area contributed by atoms with Crippen molar-refractivity contribution >= 4 is 16.1 Å². The van der Waals surface area contributed by atoms with Crippen molar-refractivity contribution in [3.63, 3.8) is 0 Å². The van der Waals surface area contributed by atoms with E-state index in [0.29, 0.717) is 0 Å². The average Bonchev–Trinajstić information content (AvgIpc) is 3.65. The van der Waals surface area contributed by atoms with Crippen LogP contribution in [0, 0.1) is 105 Å². The summed E-state index contributed by atoms with van der Waals surface area (Å²) in [7, 11) is -1.71. The maximum Gasteiger partial charge on any atom is 3.00 e. The summed E-state index contributed by atoms with van der Waals surface area (Å²) in [5, 5.41) is 0. The molecule has 0 spiro atoms. The van der Waals surface area contributed by atoms with Gasteiger partial charge in [-0.15, -0.1) is 16.1 Å². The predicted octanol–water partition coefficient (Wildman–Crippen LogP) is 7.90. The Morgan fingerprint density at radius 3 is 0.585 bits per heavy atom. The van der Waals surface area contributed by atoms with E-state index in [1.807, 2.05) is 0 Å². The smallest absolute Gasteiger partial charge is 0.381 e. The molecule has 4 rings (SSSR count). The molecular weight excluding hydrogens is 698 g/mol. The first kappa shape index (κ1) is 48.7. The first-order valence-electron chi connectivity index (χ1n) is 16.8. The molecule has 239 valence electrons. The molecule has 2 nitrogen and oxygen atoms in total. The monoisotopic (exact) mass is 774 g/mol. The normalized spacial score (nSPS) is 36.0. The summed E-state index contributed by atoms with van der Waals surface area (Å²) in [6.07, 6.45) is 5.11. The van der Waals surface area contributed by atoms with Crippen LogP contribution < -0.4 is 51.4 Å².